The van der Waals surface area contributed by atoms with E-state index in [0.717, 1.165) is 17.7 Å². The fourth-order valence-electron chi connectivity index (χ4n) is 2.29. The van der Waals surface area contributed by atoms with Gasteiger partial charge in [0.1, 0.15) is 5.75 Å². The predicted octanol–water partition coefficient (Wildman–Crippen LogP) is 5.13. The molecule has 0 aliphatic rings. The lowest BCUT2D eigenvalue weighted by molar-refractivity contribution is -0.137. The van der Waals surface area contributed by atoms with Crippen molar-refractivity contribution in [2.75, 3.05) is 6.61 Å². The molecule has 0 unspecified atom stereocenters. The molecule has 1 heterocycles. The maximum atomic E-state index is 12.8. The Morgan fingerprint density at radius 2 is 1.65 bits per heavy atom. The topological polar surface area (TPSA) is 22.1 Å². The summed E-state index contributed by atoms with van der Waals surface area (Å²) in [6, 6.07) is 14.3. The van der Waals surface area contributed by atoms with Crippen LogP contribution in [0.1, 0.15) is 5.56 Å². The number of nitrogens with zero attached hydrogens (tertiary/aromatic N) is 1. The molecule has 0 aliphatic carbocycles. The molecule has 0 fully saturated rings. The summed E-state index contributed by atoms with van der Waals surface area (Å²) in [5.74, 6) is 0.684. The summed E-state index contributed by atoms with van der Waals surface area (Å²) in [5.41, 5.74) is 1.03. The van der Waals surface area contributed by atoms with Gasteiger partial charge in [0.15, 0.2) is 0 Å². The smallest absolute Gasteiger partial charge is 0.416 e. The predicted molar refractivity (Wildman–Crippen MR) is 83.0 cm³/mol. The van der Waals surface area contributed by atoms with Crippen molar-refractivity contribution >= 4 is 10.9 Å². The van der Waals surface area contributed by atoms with Gasteiger partial charge >= 0.3 is 6.18 Å². The van der Waals surface area contributed by atoms with Gasteiger partial charge < -0.3 is 4.74 Å². The van der Waals surface area contributed by atoms with Gasteiger partial charge in [-0.3, -0.25) is 0 Å². The number of fused-ring (bicyclic) bond motifs is 1. The van der Waals surface area contributed by atoms with Crippen LogP contribution >= 0.6 is 0 Å². The van der Waals surface area contributed by atoms with E-state index in [-0.39, 0.29) is 0 Å². The van der Waals surface area contributed by atoms with Gasteiger partial charge in [-0.05, 0) is 49.4 Å². The molecule has 0 aliphatic heterocycles. The van der Waals surface area contributed by atoms with Crippen LogP contribution in [0.2, 0.25) is 0 Å². The molecule has 2 aromatic carbocycles. The van der Waals surface area contributed by atoms with Gasteiger partial charge in [-0.2, -0.15) is 13.2 Å². The molecule has 2 nitrogen and oxygen atoms in total. The van der Waals surface area contributed by atoms with Crippen molar-refractivity contribution in [3.8, 4) is 17.0 Å². The van der Waals surface area contributed by atoms with E-state index in [4.69, 9.17) is 4.74 Å². The quantitative estimate of drug-likeness (QED) is 0.668. The van der Waals surface area contributed by atoms with E-state index in [1.54, 1.807) is 24.3 Å². The minimum Gasteiger partial charge on any atom is -0.494 e. The summed E-state index contributed by atoms with van der Waals surface area (Å²) in [6.07, 6.45) is -4.38. The number of alkyl halides is 3. The van der Waals surface area contributed by atoms with Gasteiger partial charge in [0, 0.05) is 10.9 Å². The van der Waals surface area contributed by atoms with E-state index in [0.29, 0.717) is 29.0 Å². The number of halogens is 3. The highest BCUT2D eigenvalue weighted by atomic mass is 19.4. The third kappa shape index (κ3) is 3.28. The highest BCUT2D eigenvalue weighted by Gasteiger charge is 2.30. The lowest BCUT2D eigenvalue weighted by Gasteiger charge is -2.09. The van der Waals surface area contributed by atoms with Crippen LogP contribution < -0.4 is 4.74 Å². The van der Waals surface area contributed by atoms with Crippen LogP contribution in [0.5, 0.6) is 5.75 Å². The maximum Gasteiger partial charge on any atom is 0.416 e. The van der Waals surface area contributed by atoms with E-state index >= 15 is 0 Å². The fraction of sp³-hybridized carbons (Fsp3) is 0.111. The number of rotatable bonds is 3. The molecule has 3 rings (SSSR count). The highest BCUT2D eigenvalue weighted by molar-refractivity contribution is 5.82. The average molecular weight is 316 g/mol. The maximum absolute atomic E-state index is 12.8. The van der Waals surface area contributed by atoms with Gasteiger partial charge in [0.2, 0.25) is 0 Å². The molecule has 3 aromatic rings. The van der Waals surface area contributed by atoms with E-state index in [1.807, 2.05) is 12.1 Å². The standard InChI is InChI=1S/C18H13F3NO/c1-2-23-15-8-4-12(5-9-15)16-10-6-13-3-7-14(18(19,20)21)11-17(13)22-16/h3-11H,1-2H2. The third-order valence-corrected chi connectivity index (χ3v) is 3.44. The number of pyridine rings is 1. The van der Waals surface area contributed by atoms with E-state index < -0.39 is 11.7 Å². The number of hydrogen-bond acceptors (Lipinski definition) is 2. The van der Waals surface area contributed by atoms with E-state index in [2.05, 4.69) is 11.9 Å². The normalized spacial score (nSPS) is 11.7. The summed E-state index contributed by atoms with van der Waals surface area (Å²) in [6.45, 7) is 3.92. The first-order valence-corrected chi connectivity index (χ1v) is 6.98. The van der Waals surface area contributed by atoms with E-state index in [1.165, 1.54) is 6.07 Å². The van der Waals surface area contributed by atoms with Crippen LogP contribution in [-0.4, -0.2) is 11.6 Å². The van der Waals surface area contributed by atoms with Crippen molar-refractivity contribution < 1.29 is 17.9 Å². The van der Waals surface area contributed by atoms with Gasteiger partial charge in [0.25, 0.3) is 0 Å². The highest BCUT2D eigenvalue weighted by Crippen LogP contribution is 2.31. The Morgan fingerprint density at radius 1 is 0.957 bits per heavy atom. The van der Waals surface area contributed by atoms with Crippen molar-refractivity contribution in [2.45, 2.75) is 6.18 Å². The Bertz CT molecular complexity index is 826. The van der Waals surface area contributed by atoms with Gasteiger partial charge in [-0.1, -0.05) is 12.1 Å². The van der Waals surface area contributed by atoms with Crippen molar-refractivity contribution in [1.82, 2.24) is 4.98 Å². The zero-order valence-corrected chi connectivity index (χ0v) is 12.1. The second kappa shape index (κ2) is 5.91. The SMILES string of the molecule is [CH2]COc1ccc(-c2ccc3ccc(C(F)(F)F)cc3n2)cc1. The number of aromatic nitrogens is 1. The van der Waals surface area contributed by atoms with Crippen LogP contribution in [0.4, 0.5) is 13.2 Å². The van der Waals surface area contributed by atoms with Crippen LogP contribution in [0, 0.1) is 6.92 Å². The summed E-state index contributed by atoms with van der Waals surface area (Å²) >= 11 is 0. The molecule has 0 atom stereocenters. The molecule has 1 radical (unpaired) electrons. The Labute approximate surface area is 131 Å². The molecule has 0 spiro atoms. The Balaban J connectivity index is 2.01. The third-order valence-electron chi connectivity index (χ3n) is 3.44. The molecule has 23 heavy (non-hydrogen) atoms. The number of hydrogen-bond donors (Lipinski definition) is 0. The first-order valence-electron chi connectivity index (χ1n) is 6.98. The minimum atomic E-state index is -4.38. The molecule has 5 heteroatoms. The molecule has 0 N–H and O–H groups in total. The van der Waals surface area contributed by atoms with Crippen molar-refractivity contribution in [2.24, 2.45) is 0 Å². The second-order valence-corrected chi connectivity index (χ2v) is 4.97. The van der Waals surface area contributed by atoms with Crippen LogP contribution in [-0.2, 0) is 6.18 Å². The van der Waals surface area contributed by atoms with Crippen molar-refractivity contribution in [3.05, 3.63) is 67.1 Å². The zero-order valence-electron chi connectivity index (χ0n) is 12.1. The monoisotopic (exact) mass is 316 g/mol. The molecular formula is C18H13F3NO. The summed E-state index contributed by atoms with van der Waals surface area (Å²) in [5, 5.41) is 0.666. The number of ether oxygens (including phenoxy) is 1. The molecule has 0 saturated heterocycles. The van der Waals surface area contributed by atoms with Crippen LogP contribution in [0.15, 0.2) is 54.6 Å². The summed E-state index contributed by atoms with van der Waals surface area (Å²) < 4.78 is 43.7. The second-order valence-electron chi connectivity index (χ2n) is 4.97. The summed E-state index contributed by atoms with van der Waals surface area (Å²) in [4.78, 5) is 4.34. The number of benzene rings is 2. The van der Waals surface area contributed by atoms with Crippen LogP contribution in [0.25, 0.3) is 22.2 Å². The first kappa shape index (κ1) is 15.3. The van der Waals surface area contributed by atoms with Gasteiger partial charge in [0.05, 0.1) is 23.4 Å². The van der Waals surface area contributed by atoms with E-state index in [9.17, 15) is 13.2 Å². The van der Waals surface area contributed by atoms with Crippen LogP contribution in [0.3, 0.4) is 0 Å². The molecule has 1 aromatic heterocycles. The van der Waals surface area contributed by atoms with Gasteiger partial charge in [-0.15, -0.1) is 0 Å². The van der Waals surface area contributed by atoms with Gasteiger partial charge in [-0.25, -0.2) is 4.98 Å². The molecule has 0 bridgehead atoms. The molecule has 117 valence electrons. The fourth-order valence-corrected chi connectivity index (χ4v) is 2.29. The summed E-state index contributed by atoms with van der Waals surface area (Å²) in [7, 11) is 0. The minimum absolute atomic E-state index is 0.315. The van der Waals surface area contributed by atoms with Crippen molar-refractivity contribution in [3.63, 3.8) is 0 Å². The lowest BCUT2D eigenvalue weighted by Crippen LogP contribution is -2.04. The molecule has 0 saturated carbocycles. The first-order chi connectivity index (χ1) is 11.0. The average Bonchev–Trinajstić information content (AvgIpc) is 2.54. The van der Waals surface area contributed by atoms with Crippen molar-refractivity contribution in [1.29, 1.82) is 0 Å². The Kier molecular flexibility index (Phi) is 3.94. The largest absolute Gasteiger partial charge is 0.494 e. The lowest BCUT2D eigenvalue weighted by atomic mass is 10.1. The Morgan fingerprint density at radius 3 is 2.30 bits per heavy atom. The zero-order chi connectivity index (χ0) is 16.4. The molecule has 0 amide bonds. The Hall–Kier alpha value is -2.56. The molecular weight excluding hydrogens is 303 g/mol.